The summed E-state index contributed by atoms with van der Waals surface area (Å²) in [5.74, 6) is 1.03. The highest BCUT2D eigenvalue weighted by Crippen LogP contribution is 2.44. The summed E-state index contributed by atoms with van der Waals surface area (Å²) < 4.78 is 28.7. The van der Waals surface area contributed by atoms with Gasteiger partial charge in [-0.2, -0.15) is 0 Å². The first-order valence-corrected chi connectivity index (χ1v) is 7.03. The van der Waals surface area contributed by atoms with Gasteiger partial charge < -0.3 is 19.3 Å². The quantitative estimate of drug-likeness (QED) is 0.880. The number of phenols is 1. The fraction of sp³-hybridized carbons (Fsp3) is 0.222. The van der Waals surface area contributed by atoms with E-state index in [9.17, 15) is 9.50 Å². The Bertz CT molecular complexity index is 693. The molecule has 0 fully saturated rings. The van der Waals surface area contributed by atoms with Crippen molar-refractivity contribution in [1.29, 1.82) is 0 Å². The number of methoxy groups -OCH3 is 3. The number of phenolic OH excluding ortho intramolecular Hbond substituents is 1. The van der Waals surface area contributed by atoms with Gasteiger partial charge in [0.25, 0.3) is 0 Å². The van der Waals surface area contributed by atoms with Gasteiger partial charge in [-0.25, -0.2) is 4.39 Å². The Balaban J connectivity index is 2.30. The normalized spacial score (nSPS) is 10.8. The number of halogens is 1. The van der Waals surface area contributed by atoms with E-state index in [1.807, 2.05) is 12.2 Å². The van der Waals surface area contributed by atoms with Gasteiger partial charge in [0.05, 0.1) is 21.3 Å². The standard InChI is InChI=1S/C18H19FO4/c1-21-16-11-15(20)14(17(22-2)18(16)23-3)6-4-5-12-7-9-13(19)10-8-12/h4-5,7-11,20H,6H2,1-3H3. The molecule has 0 aromatic heterocycles. The second kappa shape index (κ2) is 7.54. The summed E-state index contributed by atoms with van der Waals surface area (Å²) in [6.45, 7) is 0. The van der Waals surface area contributed by atoms with E-state index in [2.05, 4.69) is 0 Å². The summed E-state index contributed by atoms with van der Waals surface area (Å²) in [4.78, 5) is 0. The van der Waals surface area contributed by atoms with Crippen molar-refractivity contribution in [3.8, 4) is 23.0 Å². The lowest BCUT2D eigenvalue weighted by Crippen LogP contribution is -1.99. The third-order valence-corrected chi connectivity index (χ3v) is 3.41. The first kappa shape index (κ1) is 16.7. The molecule has 0 aliphatic heterocycles. The molecule has 0 saturated heterocycles. The first-order chi connectivity index (χ1) is 11.1. The van der Waals surface area contributed by atoms with Crippen LogP contribution in [0.2, 0.25) is 0 Å². The minimum atomic E-state index is -0.277. The Hall–Kier alpha value is -2.69. The molecular weight excluding hydrogens is 299 g/mol. The van der Waals surface area contributed by atoms with E-state index in [4.69, 9.17) is 14.2 Å². The van der Waals surface area contributed by atoms with Crippen LogP contribution in [0.5, 0.6) is 23.0 Å². The predicted molar refractivity (Wildman–Crippen MR) is 86.9 cm³/mol. The Morgan fingerprint density at radius 1 is 1.00 bits per heavy atom. The van der Waals surface area contributed by atoms with Gasteiger partial charge in [0.1, 0.15) is 11.6 Å². The van der Waals surface area contributed by atoms with Crippen LogP contribution in [0.1, 0.15) is 11.1 Å². The van der Waals surface area contributed by atoms with Crippen LogP contribution in [0.25, 0.3) is 6.08 Å². The van der Waals surface area contributed by atoms with E-state index in [1.165, 1.54) is 39.5 Å². The van der Waals surface area contributed by atoms with Crippen molar-refractivity contribution in [3.05, 3.63) is 53.4 Å². The van der Waals surface area contributed by atoms with Crippen LogP contribution in [-0.2, 0) is 6.42 Å². The maximum atomic E-state index is 12.9. The van der Waals surface area contributed by atoms with E-state index in [-0.39, 0.29) is 11.6 Å². The Labute approximate surface area is 134 Å². The monoisotopic (exact) mass is 318 g/mol. The third kappa shape index (κ3) is 3.74. The average molecular weight is 318 g/mol. The number of hydrogen-bond donors (Lipinski definition) is 1. The van der Waals surface area contributed by atoms with Crippen molar-refractivity contribution >= 4 is 6.08 Å². The average Bonchev–Trinajstić information content (AvgIpc) is 2.57. The van der Waals surface area contributed by atoms with Crippen molar-refractivity contribution in [2.24, 2.45) is 0 Å². The zero-order chi connectivity index (χ0) is 16.8. The van der Waals surface area contributed by atoms with E-state index < -0.39 is 0 Å². The molecule has 0 spiro atoms. The van der Waals surface area contributed by atoms with Crippen LogP contribution in [0.15, 0.2) is 36.4 Å². The highest BCUT2D eigenvalue weighted by molar-refractivity contribution is 5.62. The molecule has 2 aromatic rings. The van der Waals surface area contributed by atoms with Crippen molar-refractivity contribution in [2.45, 2.75) is 6.42 Å². The summed E-state index contributed by atoms with van der Waals surface area (Å²) in [7, 11) is 4.50. The molecule has 0 atom stereocenters. The lowest BCUT2D eigenvalue weighted by molar-refractivity contribution is 0.318. The summed E-state index contributed by atoms with van der Waals surface area (Å²) in [5, 5.41) is 10.2. The van der Waals surface area contributed by atoms with E-state index in [0.717, 1.165) is 5.56 Å². The molecule has 0 saturated carbocycles. The van der Waals surface area contributed by atoms with Gasteiger partial charge in [-0.15, -0.1) is 0 Å². The molecule has 4 nitrogen and oxygen atoms in total. The highest BCUT2D eigenvalue weighted by Gasteiger charge is 2.19. The fourth-order valence-electron chi connectivity index (χ4n) is 2.29. The van der Waals surface area contributed by atoms with Gasteiger partial charge >= 0.3 is 0 Å². The predicted octanol–water partition coefficient (Wildman–Crippen LogP) is 3.81. The van der Waals surface area contributed by atoms with Crippen molar-refractivity contribution < 1.29 is 23.7 Å². The molecular formula is C18H19FO4. The van der Waals surface area contributed by atoms with Gasteiger partial charge in [0, 0.05) is 11.6 Å². The molecule has 0 unspecified atom stereocenters. The number of allylic oxidation sites excluding steroid dienone is 1. The molecule has 0 bridgehead atoms. The van der Waals surface area contributed by atoms with Gasteiger partial charge in [0.2, 0.25) is 5.75 Å². The second-order valence-corrected chi connectivity index (χ2v) is 4.80. The SMILES string of the molecule is COc1cc(O)c(CC=Cc2ccc(F)cc2)c(OC)c1OC. The molecule has 0 radical (unpaired) electrons. The van der Waals surface area contributed by atoms with Gasteiger partial charge in [-0.1, -0.05) is 24.3 Å². The number of benzene rings is 2. The van der Waals surface area contributed by atoms with Crippen molar-refractivity contribution in [3.63, 3.8) is 0 Å². The van der Waals surface area contributed by atoms with Crippen LogP contribution in [0.4, 0.5) is 4.39 Å². The number of rotatable bonds is 6. The summed E-state index contributed by atoms with van der Waals surface area (Å²) in [6, 6.07) is 7.64. The van der Waals surface area contributed by atoms with Crippen molar-refractivity contribution in [2.75, 3.05) is 21.3 Å². The Kier molecular flexibility index (Phi) is 5.46. The summed E-state index contributed by atoms with van der Waals surface area (Å²) >= 11 is 0. The van der Waals surface area contributed by atoms with Crippen LogP contribution in [-0.4, -0.2) is 26.4 Å². The molecule has 5 heteroatoms. The highest BCUT2D eigenvalue weighted by atomic mass is 19.1. The van der Waals surface area contributed by atoms with Crippen LogP contribution in [0, 0.1) is 5.82 Å². The molecule has 0 amide bonds. The van der Waals surface area contributed by atoms with Crippen LogP contribution in [0.3, 0.4) is 0 Å². The van der Waals surface area contributed by atoms with Gasteiger partial charge in [0.15, 0.2) is 11.5 Å². The van der Waals surface area contributed by atoms with Crippen molar-refractivity contribution in [1.82, 2.24) is 0 Å². The number of hydrogen-bond acceptors (Lipinski definition) is 4. The largest absolute Gasteiger partial charge is 0.507 e. The van der Waals surface area contributed by atoms with Crippen LogP contribution >= 0.6 is 0 Å². The zero-order valence-corrected chi connectivity index (χ0v) is 13.3. The molecule has 122 valence electrons. The zero-order valence-electron chi connectivity index (χ0n) is 13.3. The number of ether oxygens (including phenoxy) is 3. The van der Waals surface area contributed by atoms with Gasteiger partial charge in [-0.3, -0.25) is 0 Å². The molecule has 2 aromatic carbocycles. The molecule has 0 aliphatic rings. The van der Waals surface area contributed by atoms with Crippen LogP contribution < -0.4 is 14.2 Å². The first-order valence-electron chi connectivity index (χ1n) is 7.03. The smallest absolute Gasteiger partial charge is 0.203 e. The molecule has 23 heavy (non-hydrogen) atoms. The lowest BCUT2D eigenvalue weighted by atomic mass is 10.1. The van der Waals surface area contributed by atoms with E-state index in [0.29, 0.717) is 29.2 Å². The van der Waals surface area contributed by atoms with Gasteiger partial charge in [-0.05, 0) is 24.1 Å². The number of aromatic hydroxyl groups is 1. The second-order valence-electron chi connectivity index (χ2n) is 4.80. The summed E-state index contributed by atoms with van der Waals surface area (Å²) in [5.41, 5.74) is 1.45. The van der Waals surface area contributed by atoms with E-state index in [1.54, 1.807) is 12.1 Å². The Morgan fingerprint density at radius 2 is 1.65 bits per heavy atom. The third-order valence-electron chi connectivity index (χ3n) is 3.41. The molecule has 2 rings (SSSR count). The maximum absolute atomic E-state index is 12.9. The fourth-order valence-corrected chi connectivity index (χ4v) is 2.29. The minimum Gasteiger partial charge on any atom is -0.507 e. The lowest BCUT2D eigenvalue weighted by Gasteiger charge is -2.16. The molecule has 0 aliphatic carbocycles. The Morgan fingerprint density at radius 3 is 2.22 bits per heavy atom. The topological polar surface area (TPSA) is 47.9 Å². The minimum absolute atomic E-state index is 0.0586. The maximum Gasteiger partial charge on any atom is 0.203 e. The molecule has 1 N–H and O–H groups in total. The molecule has 0 heterocycles. The van der Waals surface area contributed by atoms with E-state index >= 15 is 0 Å². The summed E-state index contributed by atoms with van der Waals surface area (Å²) in [6.07, 6.45) is 4.12.